The van der Waals surface area contributed by atoms with E-state index in [-0.39, 0.29) is 0 Å². The summed E-state index contributed by atoms with van der Waals surface area (Å²) in [4.78, 5) is 4.69. The lowest BCUT2D eigenvalue weighted by Crippen LogP contribution is -2.44. The number of nitriles is 1. The lowest BCUT2D eigenvalue weighted by atomic mass is 10.0. The van der Waals surface area contributed by atoms with Crippen molar-refractivity contribution in [1.82, 2.24) is 4.90 Å². The van der Waals surface area contributed by atoms with Gasteiger partial charge in [0.05, 0.1) is 5.69 Å². The Hall–Kier alpha value is -2.77. The summed E-state index contributed by atoms with van der Waals surface area (Å²) in [6, 6.07) is 18.7. The molecule has 0 saturated carbocycles. The van der Waals surface area contributed by atoms with Crippen molar-refractivity contribution in [2.24, 2.45) is 0 Å². The van der Waals surface area contributed by atoms with Crippen LogP contribution in [0.5, 0.6) is 0 Å². The lowest BCUT2D eigenvalue weighted by molar-refractivity contribution is 0.313. The predicted molar refractivity (Wildman–Crippen MR) is 123 cm³/mol. The van der Waals surface area contributed by atoms with Crippen LogP contribution in [0.25, 0.3) is 11.0 Å². The standard InChI is InChI=1S/C21H21N3O.2C2H6/c1-23-10-12-24(13-11-23)19-9-5-8-17-18(20(15-22)25-21(17)19)14-16-6-3-2-4-7-16;2*1-2/h2-9H,10-14H2,1H3;2*1-2H3. The molecule has 0 atom stereocenters. The van der Waals surface area contributed by atoms with Crippen LogP contribution in [0.4, 0.5) is 5.69 Å². The van der Waals surface area contributed by atoms with Crippen molar-refractivity contribution in [3.8, 4) is 6.07 Å². The first-order chi connectivity index (χ1) is 14.3. The smallest absolute Gasteiger partial charge is 0.208 e. The van der Waals surface area contributed by atoms with Crippen LogP contribution in [0.15, 0.2) is 52.9 Å². The maximum atomic E-state index is 9.57. The molecular weight excluding hydrogens is 358 g/mol. The summed E-state index contributed by atoms with van der Waals surface area (Å²) in [7, 11) is 2.15. The third kappa shape index (κ3) is 5.19. The van der Waals surface area contributed by atoms with Crippen LogP contribution in [0, 0.1) is 11.3 Å². The van der Waals surface area contributed by atoms with Crippen molar-refractivity contribution < 1.29 is 4.42 Å². The Labute approximate surface area is 175 Å². The van der Waals surface area contributed by atoms with Gasteiger partial charge in [-0.25, -0.2) is 0 Å². The molecule has 1 aromatic heterocycles. The molecule has 29 heavy (non-hydrogen) atoms. The van der Waals surface area contributed by atoms with Gasteiger partial charge in [0.1, 0.15) is 6.07 Å². The molecule has 4 nitrogen and oxygen atoms in total. The second-order valence-electron chi connectivity index (χ2n) is 6.63. The van der Waals surface area contributed by atoms with E-state index in [1.165, 1.54) is 5.56 Å². The Morgan fingerprint density at radius 3 is 2.17 bits per heavy atom. The van der Waals surface area contributed by atoms with Crippen molar-refractivity contribution in [3.63, 3.8) is 0 Å². The molecule has 0 N–H and O–H groups in total. The van der Waals surface area contributed by atoms with Crippen LogP contribution in [0.2, 0.25) is 0 Å². The predicted octanol–water partition coefficient (Wildman–Crippen LogP) is 5.70. The highest BCUT2D eigenvalue weighted by molar-refractivity contribution is 5.93. The number of likely N-dealkylation sites (N-methyl/N-ethyl adjacent to an activating group) is 1. The quantitative estimate of drug-likeness (QED) is 0.574. The third-order valence-corrected chi connectivity index (χ3v) is 4.97. The second kappa shape index (κ2) is 11.3. The summed E-state index contributed by atoms with van der Waals surface area (Å²) in [5, 5.41) is 10.6. The van der Waals surface area contributed by atoms with E-state index in [9.17, 15) is 5.26 Å². The normalized spacial score (nSPS) is 13.7. The van der Waals surface area contributed by atoms with Gasteiger partial charge < -0.3 is 14.2 Å². The Morgan fingerprint density at radius 1 is 0.897 bits per heavy atom. The zero-order chi connectivity index (χ0) is 21.2. The van der Waals surface area contributed by atoms with E-state index in [1.807, 2.05) is 45.9 Å². The van der Waals surface area contributed by atoms with Gasteiger partial charge in [-0.2, -0.15) is 5.26 Å². The zero-order valence-corrected chi connectivity index (χ0v) is 18.4. The highest BCUT2D eigenvalue weighted by Gasteiger charge is 2.21. The number of benzene rings is 2. The van der Waals surface area contributed by atoms with Crippen LogP contribution < -0.4 is 4.90 Å². The average Bonchev–Trinajstić information content (AvgIpc) is 3.15. The summed E-state index contributed by atoms with van der Waals surface area (Å²) in [6.07, 6.45) is 0.711. The molecule has 1 saturated heterocycles. The first-order valence-electron chi connectivity index (χ1n) is 10.7. The maximum Gasteiger partial charge on any atom is 0.208 e. The van der Waals surface area contributed by atoms with Gasteiger partial charge in [-0.15, -0.1) is 0 Å². The molecular formula is C25H33N3O. The molecule has 2 aromatic carbocycles. The second-order valence-corrected chi connectivity index (χ2v) is 6.63. The highest BCUT2D eigenvalue weighted by atomic mass is 16.3. The summed E-state index contributed by atoms with van der Waals surface area (Å²) in [5.41, 5.74) is 4.11. The summed E-state index contributed by atoms with van der Waals surface area (Å²) < 4.78 is 6.02. The number of anilines is 1. The fourth-order valence-corrected chi connectivity index (χ4v) is 3.52. The maximum absolute atomic E-state index is 9.57. The number of nitrogens with zero attached hydrogens (tertiary/aromatic N) is 3. The van der Waals surface area contributed by atoms with Crippen LogP contribution in [0.3, 0.4) is 0 Å². The number of para-hydroxylation sites is 1. The number of fused-ring (bicyclic) bond motifs is 1. The number of hydrogen-bond donors (Lipinski definition) is 0. The van der Waals surface area contributed by atoms with E-state index < -0.39 is 0 Å². The molecule has 154 valence electrons. The molecule has 1 aliphatic rings. The molecule has 0 amide bonds. The van der Waals surface area contributed by atoms with Gasteiger partial charge >= 0.3 is 0 Å². The van der Waals surface area contributed by atoms with Gasteiger partial charge in [-0.3, -0.25) is 0 Å². The van der Waals surface area contributed by atoms with E-state index in [0.717, 1.165) is 48.4 Å². The Bertz CT molecular complexity index is 916. The fourth-order valence-electron chi connectivity index (χ4n) is 3.52. The zero-order valence-electron chi connectivity index (χ0n) is 18.4. The van der Waals surface area contributed by atoms with Gasteiger partial charge in [0.15, 0.2) is 5.58 Å². The molecule has 3 aromatic rings. The number of rotatable bonds is 3. The van der Waals surface area contributed by atoms with Crippen LogP contribution in [-0.4, -0.2) is 38.1 Å². The molecule has 2 heterocycles. The molecule has 1 fully saturated rings. The number of piperazine rings is 1. The lowest BCUT2D eigenvalue weighted by Gasteiger charge is -2.33. The highest BCUT2D eigenvalue weighted by Crippen LogP contribution is 2.34. The summed E-state index contributed by atoms with van der Waals surface area (Å²) >= 11 is 0. The first kappa shape index (κ1) is 22.5. The van der Waals surface area contributed by atoms with Crippen molar-refractivity contribution in [2.75, 3.05) is 38.1 Å². The van der Waals surface area contributed by atoms with Crippen LogP contribution >= 0.6 is 0 Å². The van der Waals surface area contributed by atoms with E-state index >= 15 is 0 Å². The van der Waals surface area contributed by atoms with Crippen molar-refractivity contribution >= 4 is 16.7 Å². The summed E-state index contributed by atoms with van der Waals surface area (Å²) in [6.45, 7) is 12.0. The minimum atomic E-state index is 0.431. The topological polar surface area (TPSA) is 43.4 Å². The number of hydrogen-bond acceptors (Lipinski definition) is 4. The van der Waals surface area contributed by atoms with E-state index in [0.29, 0.717) is 12.2 Å². The molecule has 4 heteroatoms. The molecule has 4 rings (SSSR count). The monoisotopic (exact) mass is 391 g/mol. The van der Waals surface area contributed by atoms with Crippen LogP contribution in [0.1, 0.15) is 44.6 Å². The van der Waals surface area contributed by atoms with Gasteiger partial charge in [0, 0.05) is 43.5 Å². The average molecular weight is 392 g/mol. The molecule has 0 aliphatic carbocycles. The van der Waals surface area contributed by atoms with Crippen molar-refractivity contribution in [1.29, 1.82) is 5.26 Å². The van der Waals surface area contributed by atoms with E-state index in [4.69, 9.17) is 4.42 Å². The van der Waals surface area contributed by atoms with E-state index in [2.05, 4.69) is 53.2 Å². The summed E-state index contributed by atoms with van der Waals surface area (Å²) in [5.74, 6) is 0.431. The van der Waals surface area contributed by atoms with E-state index in [1.54, 1.807) is 0 Å². The Balaban J connectivity index is 0.000000707. The SMILES string of the molecule is CC.CC.CN1CCN(c2cccc3c(Cc4ccccc4)c(C#N)oc23)CC1. The van der Waals surface area contributed by atoms with Crippen molar-refractivity contribution in [3.05, 3.63) is 65.4 Å². The molecule has 0 unspecified atom stereocenters. The van der Waals surface area contributed by atoms with Gasteiger partial charge in [0.2, 0.25) is 5.76 Å². The van der Waals surface area contributed by atoms with Crippen LogP contribution in [-0.2, 0) is 6.42 Å². The molecule has 0 radical (unpaired) electrons. The Kier molecular flexibility index (Phi) is 8.76. The minimum Gasteiger partial charge on any atom is -0.443 e. The minimum absolute atomic E-state index is 0.431. The largest absolute Gasteiger partial charge is 0.443 e. The molecule has 0 spiro atoms. The Morgan fingerprint density at radius 2 is 1.55 bits per heavy atom. The fraction of sp³-hybridized carbons (Fsp3) is 0.400. The van der Waals surface area contributed by atoms with Gasteiger partial charge in [0.25, 0.3) is 0 Å². The molecule has 1 aliphatic heterocycles. The molecule has 0 bridgehead atoms. The first-order valence-corrected chi connectivity index (χ1v) is 10.7. The van der Waals surface area contributed by atoms with Gasteiger partial charge in [-0.05, 0) is 18.7 Å². The van der Waals surface area contributed by atoms with Gasteiger partial charge in [-0.1, -0.05) is 70.2 Å². The number of furan rings is 1. The third-order valence-electron chi connectivity index (χ3n) is 4.97. The van der Waals surface area contributed by atoms with Crippen molar-refractivity contribution in [2.45, 2.75) is 34.1 Å².